The van der Waals surface area contributed by atoms with Crippen molar-refractivity contribution in [2.45, 2.75) is 32.8 Å². The number of fused-ring (bicyclic) bond motifs is 2. The van der Waals surface area contributed by atoms with E-state index in [0.717, 1.165) is 17.7 Å². The fourth-order valence-electron chi connectivity index (χ4n) is 3.26. The molecule has 0 bridgehead atoms. The van der Waals surface area contributed by atoms with Crippen LogP contribution in [-0.4, -0.2) is 35.6 Å². The minimum atomic E-state index is -0.537. The summed E-state index contributed by atoms with van der Waals surface area (Å²) in [7, 11) is 0. The molecular formula is C17H23N3O3. The number of nitrogens with two attached hydrogens (primary N) is 1. The van der Waals surface area contributed by atoms with Crippen molar-refractivity contribution in [3.05, 3.63) is 23.8 Å². The van der Waals surface area contributed by atoms with E-state index < -0.39 is 5.60 Å². The van der Waals surface area contributed by atoms with Crippen molar-refractivity contribution in [1.82, 2.24) is 4.90 Å². The fraction of sp³-hybridized carbons (Fsp3) is 0.529. The van der Waals surface area contributed by atoms with Gasteiger partial charge in [0.05, 0.1) is 5.92 Å². The van der Waals surface area contributed by atoms with E-state index in [0.29, 0.717) is 18.8 Å². The van der Waals surface area contributed by atoms with E-state index in [1.165, 1.54) is 0 Å². The van der Waals surface area contributed by atoms with E-state index >= 15 is 0 Å². The molecule has 23 heavy (non-hydrogen) atoms. The van der Waals surface area contributed by atoms with Crippen LogP contribution in [-0.2, 0) is 16.0 Å². The van der Waals surface area contributed by atoms with Gasteiger partial charge in [0.2, 0.25) is 5.91 Å². The maximum Gasteiger partial charge on any atom is 0.410 e. The molecule has 6 nitrogen and oxygen atoms in total. The van der Waals surface area contributed by atoms with Gasteiger partial charge in [0, 0.05) is 24.5 Å². The van der Waals surface area contributed by atoms with Gasteiger partial charge in [0.25, 0.3) is 0 Å². The highest BCUT2D eigenvalue weighted by atomic mass is 16.6. The van der Waals surface area contributed by atoms with Gasteiger partial charge in [-0.1, -0.05) is 0 Å². The monoisotopic (exact) mass is 317 g/mol. The number of anilines is 2. The number of nitrogen functional groups attached to an aromatic ring is 1. The third kappa shape index (κ3) is 3.25. The second-order valence-electron chi connectivity index (χ2n) is 7.36. The maximum atomic E-state index is 12.5. The fourth-order valence-corrected chi connectivity index (χ4v) is 3.26. The van der Waals surface area contributed by atoms with Crippen LogP contribution in [0.5, 0.6) is 0 Å². The number of carbonyl (C=O) groups is 2. The minimum Gasteiger partial charge on any atom is -0.444 e. The lowest BCUT2D eigenvalue weighted by molar-refractivity contribution is -0.120. The lowest BCUT2D eigenvalue weighted by Crippen LogP contribution is -2.36. The summed E-state index contributed by atoms with van der Waals surface area (Å²) in [6, 6.07) is 5.52. The molecule has 1 fully saturated rings. The van der Waals surface area contributed by atoms with E-state index in [-0.39, 0.29) is 23.8 Å². The zero-order chi connectivity index (χ0) is 16.8. The Morgan fingerprint density at radius 3 is 2.78 bits per heavy atom. The van der Waals surface area contributed by atoms with Crippen LogP contribution in [0.3, 0.4) is 0 Å². The Labute approximate surface area is 136 Å². The van der Waals surface area contributed by atoms with Crippen LogP contribution in [0.4, 0.5) is 16.2 Å². The summed E-state index contributed by atoms with van der Waals surface area (Å²) in [4.78, 5) is 26.4. The first kappa shape index (κ1) is 15.6. The van der Waals surface area contributed by atoms with Crippen LogP contribution in [0.15, 0.2) is 18.2 Å². The molecule has 2 aliphatic heterocycles. The number of benzene rings is 1. The summed E-state index contributed by atoms with van der Waals surface area (Å²) in [5.74, 6) is -0.161. The molecule has 1 aromatic carbocycles. The zero-order valence-corrected chi connectivity index (χ0v) is 13.8. The first-order chi connectivity index (χ1) is 10.7. The second kappa shape index (κ2) is 5.44. The molecule has 3 N–H and O–H groups in total. The molecule has 0 unspecified atom stereocenters. The van der Waals surface area contributed by atoms with Crippen LogP contribution >= 0.6 is 0 Å². The first-order valence-corrected chi connectivity index (χ1v) is 7.90. The zero-order valence-electron chi connectivity index (χ0n) is 13.8. The van der Waals surface area contributed by atoms with Gasteiger partial charge in [-0.05, 0) is 56.9 Å². The summed E-state index contributed by atoms with van der Waals surface area (Å²) in [5.41, 5.74) is 7.84. The van der Waals surface area contributed by atoms with Gasteiger partial charge in [-0.3, -0.25) is 4.79 Å². The third-order valence-electron chi connectivity index (χ3n) is 4.30. The van der Waals surface area contributed by atoms with Crippen LogP contribution in [0.25, 0.3) is 0 Å². The second-order valence-corrected chi connectivity index (χ2v) is 7.36. The Morgan fingerprint density at radius 2 is 2.09 bits per heavy atom. The number of likely N-dealkylation sites (tertiary alicyclic amines) is 1. The summed E-state index contributed by atoms with van der Waals surface area (Å²) in [6.45, 7) is 6.44. The minimum absolute atomic E-state index is 0.0374. The van der Waals surface area contributed by atoms with Gasteiger partial charge < -0.3 is 20.7 Å². The number of amides is 2. The van der Waals surface area contributed by atoms with Crippen molar-refractivity contribution < 1.29 is 14.3 Å². The van der Waals surface area contributed by atoms with Gasteiger partial charge >= 0.3 is 6.09 Å². The van der Waals surface area contributed by atoms with E-state index in [9.17, 15) is 9.59 Å². The molecule has 2 amide bonds. The molecule has 124 valence electrons. The highest BCUT2D eigenvalue weighted by Gasteiger charge is 2.42. The normalized spacial score (nSPS) is 23.6. The third-order valence-corrected chi connectivity index (χ3v) is 4.30. The van der Waals surface area contributed by atoms with E-state index in [2.05, 4.69) is 5.32 Å². The number of nitrogens with zero attached hydrogens (tertiary/aromatic N) is 1. The topological polar surface area (TPSA) is 84.7 Å². The quantitative estimate of drug-likeness (QED) is 0.719. The maximum absolute atomic E-state index is 12.5. The van der Waals surface area contributed by atoms with Crippen LogP contribution in [0.1, 0.15) is 26.3 Å². The number of carbonyl (C=O) groups excluding carboxylic acids is 2. The molecule has 2 heterocycles. The first-order valence-electron chi connectivity index (χ1n) is 7.90. The summed E-state index contributed by atoms with van der Waals surface area (Å²) >= 11 is 0. The molecule has 2 aliphatic rings. The molecule has 0 radical (unpaired) electrons. The largest absolute Gasteiger partial charge is 0.444 e. The van der Waals surface area contributed by atoms with Gasteiger partial charge in [0.15, 0.2) is 0 Å². The Morgan fingerprint density at radius 1 is 1.35 bits per heavy atom. The van der Waals surface area contributed by atoms with Crippen molar-refractivity contribution in [3.8, 4) is 0 Å². The predicted octanol–water partition coefficient (Wildman–Crippen LogP) is 2.25. The Bertz CT molecular complexity index is 651. The van der Waals surface area contributed by atoms with Gasteiger partial charge in [-0.2, -0.15) is 0 Å². The van der Waals surface area contributed by atoms with Gasteiger partial charge in [-0.15, -0.1) is 0 Å². The van der Waals surface area contributed by atoms with Crippen LogP contribution in [0.2, 0.25) is 0 Å². The molecule has 0 spiro atoms. The van der Waals surface area contributed by atoms with Crippen molar-refractivity contribution in [3.63, 3.8) is 0 Å². The molecule has 3 rings (SSSR count). The standard InChI is InChI=1S/C17H23N3O3/c1-17(2,3)23-16(22)20-8-11-6-10-7-12(18)4-5-14(10)19-15(21)13(11)9-20/h4-5,7,11,13H,6,8-9,18H2,1-3H3,(H,19,21)/t11-,13-/m1/s1. The van der Waals surface area contributed by atoms with E-state index in [4.69, 9.17) is 10.5 Å². The van der Waals surface area contributed by atoms with Crippen LogP contribution in [0, 0.1) is 11.8 Å². The summed E-state index contributed by atoms with van der Waals surface area (Å²) in [5, 5.41) is 2.96. The van der Waals surface area contributed by atoms with E-state index in [1.54, 1.807) is 11.0 Å². The van der Waals surface area contributed by atoms with Crippen molar-refractivity contribution in [2.75, 3.05) is 24.1 Å². The van der Waals surface area contributed by atoms with Gasteiger partial charge in [-0.25, -0.2) is 4.79 Å². The molecular weight excluding hydrogens is 294 g/mol. The highest BCUT2D eigenvalue weighted by Crippen LogP contribution is 2.35. The van der Waals surface area contributed by atoms with Gasteiger partial charge in [0.1, 0.15) is 5.60 Å². The molecule has 2 atom stereocenters. The average molecular weight is 317 g/mol. The molecule has 1 saturated heterocycles. The van der Waals surface area contributed by atoms with Crippen molar-refractivity contribution in [2.24, 2.45) is 11.8 Å². The number of rotatable bonds is 0. The molecule has 0 aliphatic carbocycles. The van der Waals surface area contributed by atoms with E-state index in [1.807, 2.05) is 32.9 Å². The summed E-state index contributed by atoms with van der Waals surface area (Å²) in [6.07, 6.45) is 0.370. The Balaban J connectivity index is 1.79. The highest BCUT2D eigenvalue weighted by molar-refractivity contribution is 5.95. The smallest absolute Gasteiger partial charge is 0.410 e. The number of nitrogens with one attached hydrogen (secondary N) is 1. The van der Waals surface area contributed by atoms with Crippen molar-refractivity contribution >= 4 is 23.4 Å². The average Bonchev–Trinajstić information content (AvgIpc) is 2.79. The lowest BCUT2D eigenvalue weighted by Gasteiger charge is -2.24. The molecule has 0 aromatic heterocycles. The number of ether oxygens (including phenoxy) is 1. The summed E-state index contributed by atoms with van der Waals surface area (Å²) < 4.78 is 5.42. The SMILES string of the molecule is CC(C)(C)OC(=O)N1C[C@H]2Cc3cc(N)ccc3NC(=O)[C@@H]2C1. The van der Waals surface area contributed by atoms with Crippen LogP contribution < -0.4 is 11.1 Å². The molecule has 1 aromatic rings. The predicted molar refractivity (Wildman–Crippen MR) is 88.0 cm³/mol. The Hall–Kier alpha value is -2.24. The Kier molecular flexibility index (Phi) is 3.70. The number of hydrogen-bond donors (Lipinski definition) is 2. The lowest BCUT2D eigenvalue weighted by atomic mass is 9.90. The molecule has 6 heteroatoms. The van der Waals surface area contributed by atoms with Crippen molar-refractivity contribution in [1.29, 1.82) is 0 Å². The molecule has 0 saturated carbocycles. The number of hydrogen-bond acceptors (Lipinski definition) is 4.